The number of nitriles is 1. The van der Waals surface area contributed by atoms with Gasteiger partial charge in [0.15, 0.2) is 11.6 Å². The number of fused-ring (bicyclic) bond motifs is 1. The normalized spacial score (nSPS) is 22.3. The summed E-state index contributed by atoms with van der Waals surface area (Å²) in [5.74, 6) is -0.707. The summed E-state index contributed by atoms with van der Waals surface area (Å²) in [5.41, 5.74) is -0.445. The first kappa shape index (κ1) is 20.1. The number of Topliss-reactive ketones (excluding diaryl/α,β-unsaturated/α-hetero) is 1. The lowest BCUT2D eigenvalue weighted by molar-refractivity contribution is -0.118. The quantitative estimate of drug-likeness (QED) is 0.718. The number of hydrogen-bond donors (Lipinski definition) is 1. The van der Waals surface area contributed by atoms with E-state index >= 15 is 0 Å². The predicted molar refractivity (Wildman–Crippen MR) is 105 cm³/mol. The Labute approximate surface area is 172 Å². The van der Waals surface area contributed by atoms with Gasteiger partial charge in [0.2, 0.25) is 0 Å². The van der Waals surface area contributed by atoms with E-state index in [9.17, 15) is 23.2 Å². The lowest BCUT2D eigenvalue weighted by Gasteiger charge is -2.44. The van der Waals surface area contributed by atoms with Gasteiger partial charge in [0, 0.05) is 28.8 Å². The van der Waals surface area contributed by atoms with Crippen LogP contribution in [-0.4, -0.2) is 10.8 Å². The Morgan fingerprint density at radius 2 is 1.97 bits per heavy atom. The van der Waals surface area contributed by atoms with Gasteiger partial charge in [-0.15, -0.1) is 0 Å². The molecule has 0 fully saturated rings. The van der Waals surface area contributed by atoms with Crippen molar-refractivity contribution < 1.29 is 18.0 Å². The van der Waals surface area contributed by atoms with E-state index in [1.165, 1.54) is 18.2 Å². The highest BCUT2D eigenvalue weighted by atomic mass is 19.3. The fourth-order valence-electron chi connectivity index (χ4n) is 4.73. The van der Waals surface area contributed by atoms with Crippen LogP contribution in [0, 0.1) is 22.6 Å². The Balaban J connectivity index is 2.09. The summed E-state index contributed by atoms with van der Waals surface area (Å²) in [4.78, 5) is 17.4. The maximum Gasteiger partial charge on any atom is 0.263 e. The van der Waals surface area contributed by atoms with Crippen molar-refractivity contribution in [2.24, 2.45) is 5.41 Å². The molecular weight excluding hydrogens is 391 g/mol. The molecule has 1 N–H and O–H groups in total. The van der Waals surface area contributed by atoms with Crippen molar-refractivity contribution in [3.8, 4) is 6.07 Å². The van der Waals surface area contributed by atoms with Gasteiger partial charge in [0.05, 0.1) is 17.2 Å². The van der Waals surface area contributed by atoms with E-state index in [1.54, 1.807) is 13.0 Å². The molecule has 4 rings (SSSR count). The average Bonchev–Trinajstić information content (AvgIpc) is 2.67. The zero-order valence-electron chi connectivity index (χ0n) is 16.8. The SMILES string of the molecule is CC1(C)CC(=O)C2=C(C1)Nc1ncc(F)c(C#N)c1C2(C)c1cccc(C(F)F)c1. The van der Waals surface area contributed by atoms with Crippen molar-refractivity contribution in [2.75, 3.05) is 5.32 Å². The Kier molecular flexibility index (Phi) is 4.50. The molecule has 0 amide bonds. The van der Waals surface area contributed by atoms with E-state index in [1.807, 2.05) is 19.9 Å². The second-order valence-corrected chi connectivity index (χ2v) is 8.79. The standard InChI is InChI=1S/C23H20F3N3O/c1-22(2)8-16-19(17(30)9-22)23(3,13-6-4-5-12(7-13)20(25)26)18-14(10-27)15(24)11-28-21(18)29-16/h4-7,11,20H,8-9H2,1-3H3,(H,28,29). The van der Waals surface area contributed by atoms with Gasteiger partial charge in [-0.25, -0.2) is 18.2 Å². The molecule has 7 heteroatoms. The fraction of sp³-hybridized carbons (Fsp3) is 0.348. The van der Waals surface area contributed by atoms with Gasteiger partial charge in [-0.05, 0) is 30.4 Å². The summed E-state index contributed by atoms with van der Waals surface area (Å²) >= 11 is 0. The van der Waals surface area contributed by atoms with Crippen molar-refractivity contribution >= 4 is 11.6 Å². The Morgan fingerprint density at radius 3 is 2.63 bits per heavy atom. The van der Waals surface area contributed by atoms with Gasteiger partial charge in [0.1, 0.15) is 11.9 Å². The zero-order chi connectivity index (χ0) is 21.8. The van der Waals surface area contributed by atoms with Gasteiger partial charge in [-0.2, -0.15) is 5.26 Å². The van der Waals surface area contributed by atoms with Crippen molar-refractivity contribution in [3.05, 3.63) is 69.8 Å². The molecule has 0 saturated heterocycles. The molecule has 1 aromatic carbocycles. The maximum absolute atomic E-state index is 14.6. The summed E-state index contributed by atoms with van der Waals surface area (Å²) in [7, 11) is 0. The smallest absolute Gasteiger partial charge is 0.263 e. The number of benzene rings is 1. The molecule has 30 heavy (non-hydrogen) atoms. The van der Waals surface area contributed by atoms with Gasteiger partial charge >= 0.3 is 0 Å². The van der Waals surface area contributed by atoms with E-state index in [-0.39, 0.29) is 40.1 Å². The molecule has 0 spiro atoms. The first-order chi connectivity index (χ1) is 14.1. The Morgan fingerprint density at radius 1 is 1.23 bits per heavy atom. The lowest BCUT2D eigenvalue weighted by Crippen LogP contribution is -2.43. The number of alkyl halides is 2. The molecule has 2 aromatic rings. The van der Waals surface area contributed by atoms with Crippen LogP contribution in [0.2, 0.25) is 0 Å². The maximum atomic E-state index is 14.6. The highest BCUT2D eigenvalue weighted by Gasteiger charge is 2.49. The first-order valence-electron chi connectivity index (χ1n) is 9.60. The van der Waals surface area contributed by atoms with Crippen LogP contribution >= 0.6 is 0 Å². The fourth-order valence-corrected chi connectivity index (χ4v) is 4.73. The third-order valence-corrected chi connectivity index (χ3v) is 6.00. The number of carbonyl (C=O) groups is 1. The number of halogens is 3. The number of allylic oxidation sites excluding steroid dienone is 2. The number of pyridine rings is 1. The average molecular weight is 411 g/mol. The molecule has 0 radical (unpaired) electrons. The van der Waals surface area contributed by atoms with Crippen molar-refractivity contribution in [1.82, 2.24) is 4.98 Å². The molecule has 4 nitrogen and oxygen atoms in total. The van der Waals surface area contributed by atoms with Gasteiger partial charge < -0.3 is 5.32 Å². The van der Waals surface area contributed by atoms with E-state index in [0.29, 0.717) is 23.3 Å². The Bertz CT molecular complexity index is 1150. The van der Waals surface area contributed by atoms with Crippen LogP contribution < -0.4 is 5.32 Å². The van der Waals surface area contributed by atoms with E-state index in [4.69, 9.17) is 0 Å². The molecule has 154 valence electrons. The third-order valence-electron chi connectivity index (χ3n) is 6.00. The minimum absolute atomic E-state index is 0.155. The number of hydrogen-bond acceptors (Lipinski definition) is 4. The van der Waals surface area contributed by atoms with Gasteiger partial charge in [0.25, 0.3) is 6.43 Å². The van der Waals surface area contributed by atoms with Crippen LogP contribution in [0.15, 0.2) is 41.7 Å². The summed E-state index contributed by atoms with van der Waals surface area (Å²) in [6.45, 7) is 5.63. The molecule has 1 aromatic heterocycles. The van der Waals surface area contributed by atoms with Crippen molar-refractivity contribution in [1.29, 1.82) is 5.26 Å². The number of nitrogens with one attached hydrogen (secondary N) is 1. The van der Waals surface area contributed by atoms with E-state index < -0.39 is 17.7 Å². The van der Waals surface area contributed by atoms with E-state index in [2.05, 4.69) is 10.3 Å². The van der Waals surface area contributed by atoms with Crippen LogP contribution in [0.4, 0.5) is 19.0 Å². The highest BCUT2D eigenvalue weighted by Crippen LogP contribution is 2.53. The van der Waals surface area contributed by atoms with E-state index in [0.717, 1.165) is 6.20 Å². The lowest BCUT2D eigenvalue weighted by atomic mass is 9.61. The summed E-state index contributed by atoms with van der Waals surface area (Å²) < 4.78 is 41.4. The first-order valence-corrected chi connectivity index (χ1v) is 9.60. The third kappa shape index (κ3) is 2.90. The topological polar surface area (TPSA) is 65.8 Å². The summed E-state index contributed by atoms with van der Waals surface area (Å²) in [6, 6.07) is 7.62. The number of anilines is 1. The molecule has 0 saturated carbocycles. The number of nitrogens with zero attached hydrogens (tertiary/aromatic N) is 2. The van der Waals surface area contributed by atoms with Crippen LogP contribution in [0.5, 0.6) is 0 Å². The highest BCUT2D eigenvalue weighted by molar-refractivity contribution is 6.03. The molecule has 2 aliphatic rings. The van der Waals surface area contributed by atoms with Gasteiger partial charge in [-0.1, -0.05) is 32.0 Å². The predicted octanol–water partition coefficient (Wildman–Crippen LogP) is 5.40. The monoisotopic (exact) mass is 411 g/mol. The van der Waals surface area contributed by atoms with Crippen LogP contribution in [-0.2, 0) is 10.2 Å². The second-order valence-electron chi connectivity index (χ2n) is 8.79. The van der Waals surface area contributed by atoms with Gasteiger partial charge in [-0.3, -0.25) is 4.79 Å². The largest absolute Gasteiger partial charge is 0.343 e. The summed E-state index contributed by atoms with van der Waals surface area (Å²) in [5, 5.41) is 12.8. The molecule has 1 aliphatic heterocycles. The molecule has 1 aliphatic carbocycles. The molecule has 1 atom stereocenters. The molecule has 0 bridgehead atoms. The minimum Gasteiger partial charge on any atom is -0.343 e. The number of rotatable bonds is 2. The zero-order valence-corrected chi connectivity index (χ0v) is 16.8. The minimum atomic E-state index is -2.70. The molecular formula is C23H20F3N3O. The number of carbonyl (C=O) groups excluding carboxylic acids is 1. The second kappa shape index (κ2) is 6.69. The van der Waals surface area contributed by atoms with Crippen molar-refractivity contribution in [3.63, 3.8) is 0 Å². The van der Waals surface area contributed by atoms with Crippen LogP contribution in [0.3, 0.4) is 0 Å². The Hall–Kier alpha value is -3.14. The molecule has 2 heterocycles. The van der Waals surface area contributed by atoms with Crippen LogP contribution in [0.25, 0.3) is 0 Å². The molecule has 1 unspecified atom stereocenters. The number of ketones is 1. The van der Waals surface area contributed by atoms with Crippen molar-refractivity contribution in [2.45, 2.75) is 45.5 Å². The van der Waals surface area contributed by atoms with Crippen LogP contribution in [0.1, 0.15) is 62.3 Å². The summed E-state index contributed by atoms with van der Waals surface area (Å²) in [6.07, 6.45) is -0.942. The number of aromatic nitrogens is 1.